The summed E-state index contributed by atoms with van der Waals surface area (Å²) in [6.07, 6.45) is -0.0762. The summed E-state index contributed by atoms with van der Waals surface area (Å²) >= 11 is 3.15. The zero-order valence-corrected chi connectivity index (χ0v) is 12.5. The van der Waals surface area contributed by atoms with Crippen LogP contribution >= 0.6 is 15.9 Å². The van der Waals surface area contributed by atoms with Crippen LogP contribution in [0.5, 0.6) is 5.75 Å². The van der Waals surface area contributed by atoms with Gasteiger partial charge in [0.1, 0.15) is 5.75 Å². The van der Waals surface area contributed by atoms with Gasteiger partial charge in [-0.1, -0.05) is 0 Å². The van der Waals surface area contributed by atoms with E-state index in [-0.39, 0.29) is 12.7 Å². The van der Waals surface area contributed by atoms with Crippen LogP contribution in [0.1, 0.15) is 26.3 Å². The van der Waals surface area contributed by atoms with E-state index in [4.69, 9.17) is 4.74 Å². The van der Waals surface area contributed by atoms with Crippen molar-refractivity contribution >= 4 is 21.9 Å². The van der Waals surface area contributed by atoms with Gasteiger partial charge in [0.25, 0.3) is 0 Å². The number of benzene rings is 1. The van der Waals surface area contributed by atoms with E-state index in [2.05, 4.69) is 20.7 Å². The van der Waals surface area contributed by atoms with E-state index in [1.165, 1.54) is 13.0 Å². The number of carbonyl (C=O) groups excluding carboxylic acids is 1. The topological polar surface area (TPSA) is 35.5 Å². The number of esters is 1. The van der Waals surface area contributed by atoms with E-state index in [1.54, 1.807) is 0 Å². The molecule has 0 unspecified atom stereocenters. The smallest absolute Gasteiger partial charge is 0.381 e. The van der Waals surface area contributed by atoms with Gasteiger partial charge in [-0.2, -0.15) is 8.78 Å². The maximum atomic E-state index is 13.8. The van der Waals surface area contributed by atoms with Crippen LogP contribution in [0.3, 0.4) is 0 Å². The fourth-order valence-corrected chi connectivity index (χ4v) is 1.86. The van der Waals surface area contributed by atoms with Crippen LogP contribution in [-0.2, 0) is 15.5 Å². The Morgan fingerprint density at radius 2 is 2.05 bits per heavy atom. The average Bonchev–Trinajstić information content (AvgIpc) is 2.31. The maximum Gasteiger partial charge on any atom is 0.381 e. The Morgan fingerprint density at radius 3 is 2.53 bits per heavy atom. The molecule has 0 saturated carbocycles. The summed E-state index contributed by atoms with van der Waals surface area (Å²) in [5.74, 6) is -4.78. The summed E-state index contributed by atoms with van der Waals surface area (Å²) in [5, 5.41) is 0. The number of rotatable bonds is 5. The summed E-state index contributed by atoms with van der Waals surface area (Å²) in [7, 11) is 0. The number of carbonyl (C=O) groups is 1. The average molecular weight is 337 g/mol. The zero-order valence-electron chi connectivity index (χ0n) is 10.9. The fourth-order valence-electron chi connectivity index (χ4n) is 1.39. The highest BCUT2D eigenvalue weighted by molar-refractivity contribution is 9.10. The summed E-state index contributed by atoms with van der Waals surface area (Å²) in [6.45, 7) is 5.04. The van der Waals surface area contributed by atoms with Crippen molar-refractivity contribution in [1.29, 1.82) is 0 Å². The van der Waals surface area contributed by atoms with E-state index in [0.29, 0.717) is 10.2 Å². The predicted molar refractivity (Wildman–Crippen MR) is 70.4 cm³/mol. The number of hydrogen-bond donors (Lipinski definition) is 0. The molecular weight excluding hydrogens is 322 g/mol. The van der Waals surface area contributed by atoms with Crippen LogP contribution in [-0.4, -0.2) is 18.7 Å². The molecular formula is C13H15BrF2O3. The molecule has 1 aromatic rings. The van der Waals surface area contributed by atoms with E-state index in [0.717, 1.165) is 12.1 Å². The molecule has 0 saturated heterocycles. The van der Waals surface area contributed by atoms with Gasteiger partial charge in [0, 0.05) is 5.56 Å². The molecule has 0 bridgehead atoms. The van der Waals surface area contributed by atoms with Gasteiger partial charge in [0.05, 0.1) is 17.2 Å². The second-order valence-electron chi connectivity index (χ2n) is 4.11. The van der Waals surface area contributed by atoms with Crippen molar-refractivity contribution in [2.45, 2.75) is 32.8 Å². The van der Waals surface area contributed by atoms with Crippen molar-refractivity contribution in [2.75, 3.05) is 6.61 Å². The summed E-state index contributed by atoms with van der Waals surface area (Å²) in [5.41, 5.74) is -0.436. The molecule has 1 aromatic carbocycles. The van der Waals surface area contributed by atoms with Crippen molar-refractivity contribution in [3.8, 4) is 5.75 Å². The first-order valence-electron chi connectivity index (χ1n) is 5.80. The van der Waals surface area contributed by atoms with Gasteiger partial charge in [-0.25, -0.2) is 4.79 Å². The molecule has 0 radical (unpaired) electrons. The van der Waals surface area contributed by atoms with Crippen molar-refractivity contribution in [3.05, 3.63) is 28.2 Å². The van der Waals surface area contributed by atoms with Crippen LogP contribution < -0.4 is 4.74 Å². The maximum absolute atomic E-state index is 13.8. The van der Waals surface area contributed by atoms with Crippen molar-refractivity contribution in [3.63, 3.8) is 0 Å². The zero-order chi connectivity index (χ0) is 14.6. The third-order valence-electron chi connectivity index (χ3n) is 2.19. The molecule has 1 rings (SSSR count). The molecule has 0 N–H and O–H groups in total. The van der Waals surface area contributed by atoms with E-state index in [1.807, 2.05) is 13.8 Å². The third kappa shape index (κ3) is 3.89. The normalized spacial score (nSPS) is 11.5. The molecule has 0 aliphatic rings. The molecule has 19 heavy (non-hydrogen) atoms. The third-order valence-corrected chi connectivity index (χ3v) is 2.81. The number of alkyl halides is 2. The lowest BCUT2D eigenvalue weighted by Crippen LogP contribution is -2.28. The van der Waals surface area contributed by atoms with Gasteiger partial charge >= 0.3 is 11.9 Å². The number of hydrogen-bond acceptors (Lipinski definition) is 3. The van der Waals surface area contributed by atoms with Gasteiger partial charge in [-0.3, -0.25) is 0 Å². The SMILES string of the molecule is CCOC(=O)C(F)(F)c1ccc(OC(C)C)c(Br)c1. The predicted octanol–water partition coefficient (Wildman–Crippen LogP) is 3.89. The molecule has 0 fully saturated rings. The minimum absolute atomic E-state index is 0.0762. The minimum Gasteiger partial charge on any atom is -0.490 e. The van der Waals surface area contributed by atoms with E-state index >= 15 is 0 Å². The lowest BCUT2D eigenvalue weighted by molar-refractivity contribution is -0.173. The largest absolute Gasteiger partial charge is 0.490 e. The molecule has 0 aromatic heterocycles. The highest BCUT2D eigenvalue weighted by Gasteiger charge is 2.42. The van der Waals surface area contributed by atoms with Crippen LogP contribution in [0.2, 0.25) is 0 Å². The van der Waals surface area contributed by atoms with Crippen molar-refractivity contribution in [2.24, 2.45) is 0 Å². The van der Waals surface area contributed by atoms with E-state index < -0.39 is 17.5 Å². The molecule has 6 heteroatoms. The Labute approximate surface area is 119 Å². The first-order valence-corrected chi connectivity index (χ1v) is 6.60. The second kappa shape index (κ2) is 6.32. The Hall–Kier alpha value is -1.17. The number of ether oxygens (including phenoxy) is 2. The highest BCUT2D eigenvalue weighted by Crippen LogP contribution is 2.35. The number of halogens is 3. The molecule has 0 aliphatic heterocycles. The Kier molecular flexibility index (Phi) is 5.29. The quantitative estimate of drug-likeness (QED) is 0.765. The molecule has 0 amide bonds. The minimum atomic E-state index is -3.67. The molecule has 3 nitrogen and oxygen atoms in total. The molecule has 106 valence electrons. The van der Waals surface area contributed by atoms with Crippen LogP contribution in [0.4, 0.5) is 8.78 Å². The molecule has 0 atom stereocenters. The Balaban J connectivity index is 3.02. The molecule has 0 spiro atoms. The van der Waals surface area contributed by atoms with Crippen LogP contribution in [0.25, 0.3) is 0 Å². The summed E-state index contributed by atoms with van der Waals surface area (Å²) in [4.78, 5) is 11.2. The van der Waals surface area contributed by atoms with Gasteiger partial charge in [-0.15, -0.1) is 0 Å². The lowest BCUT2D eigenvalue weighted by Gasteiger charge is -2.17. The molecule has 0 aliphatic carbocycles. The monoisotopic (exact) mass is 336 g/mol. The van der Waals surface area contributed by atoms with Gasteiger partial charge in [0.15, 0.2) is 0 Å². The second-order valence-corrected chi connectivity index (χ2v) is 4.96. The summed E-state index contributed by atoms with van der Waals surface area (Å²) in [6, 6.07) is 3.71. The first-order chi connectivity index (χ1) is 8.78. The van der Waals surface area contributed by atoms with Gasteiger partial charge < -0.3 is 9.47 Å². The standard InChI is InChI=1S/C13H15BrF2O3/c1-4-18-12(17)13(15,16)9-5-6-11(10(14)7-9)19-8(2)3/h5-8H,4H2,1-3H3. The highest BCUT2D eigenvalue weighted by atomic mass is 79.9. The molecule has 0 heterocycles. The van der Waals surface area contributed by atoms with Crippen LogP contribution in [0.15, 0.2) is 22.7 Å². The van der Waals surface area contributed by atoms with Gasteiger partial charge in [-0.05, 0) is 54.9 Å². The van der Waals surface area contributed by atoms with Crippen LogP contribution in [0, 0.1) is 0 Å². The fraction of sp³-hybridized carbons (Fsp3) is 0.462. The Bertz CT molecular complexity index is 461. The van der Waals surface area contributed by atoms with Gasteiger partial charge in [0.2, 0.25) is 0 Å². The lowest BCUT2D eigenvalue weighted by atomic mass is 10.1. The first kappa shape index (κ1) is 15.9. The summed E-state index contributed by atoms with van der Waals surface area (Å²) < 4.78 is 37.7. The Morgan fingerprint density at radius 1 is 1.42 bits per heavy atom. The van der Waals surface area contributed by atoms with Crippen molar-refractivity contribution < 1.29 is 23.0 Å². The van der Waals surface area contributed by atoms with Crippen molar-refractivity contribution in [1.82, 2.24) is 0 Å². The van der Waals surface area contributed by atoms with E-state index in [9.17, 15) is 13.6 Å².